The summed E-state index contributed by atoms with van der Waals surface area (Å²) in [7, 11) is 1.52. The normalized spacial score (nSPS) is 27.4. The van der Waals surface area contributed by atoms with Gasteiger partial charge in [-0.3, -0.25) is 9.59 Å². The lowest BCUT2D eigenvalue weighted by atomic mass is 9.85. The number of halogens is 1. The molecule has 55 heavy (non-hydrogen) atoms. The van der Waals surface area contributed by atoms with Crippen LogP contribution in [0.3, 0.4) is 0 Å². The third kappa shape index (κ3) is 7.68. The smallest absolute Gasteiger partial charge is 0.408 e. The Morgan fingerprint density at radius 3 is 2.40 bits per heavy atom. The number of methoxy groups -OCH3 is 1. The fraction of sp³-hybridized carbons (Fsp3) is 0.600. The van der Waals surface area contributed by atoms with Crippen LogP contribution in [0.15, 0.2) is 23.6 Å². The summed E-state index contributed by atoms with van der Waals surface area (Å²) in [6, 6.07) is 3.16. The van der Waals surface area contributed by atoms with Gasteiger partial charge in [-0.15, -0.1) is 11.3 Å². The quantitative estimate of drug-likeness (QED) is 0.177. The number of hydrogen-bond acceptors (Lipinski definition) is 10. The van der Waals surface area contributed by atoms with E-state index in [1.54, 1.807) is 18.2 Å². The van der Waals surface area contributed by atoms with E-state index in [-0.39, 0.29) is 30.9 Å². The van der Waals surface area contributed by atoms with Gasteiger partial charge in [-0.1, -0.05) is 59.6 Å². The molecular formula is C40H50ClN5O8S. The summed E-state index contributed by atoms with van der Waals surface area (Å²) in [5.41, 5.74) is -0.276. The predicted octanol–water partition coefficient (Wildman–Crippen LogP) is 6.80. The van der Waals surface area contributed by atoms with Gasteiger partial charge in [0.15, 0.2) is 0 Å². The number of carbonyl (C=O) groups is 4. The largest absolute Gasteiger partial charge is 0.495 e. The van der Waals surface area contributed by atoms with Crippen molar-refractivity contribution in [3.63, 3.8) is 0 Å². The van der Waals surface area contributed by atoms with Crippen molar-refractivity contribution in [2.75, 3.05) is 13.7 Å². The second-order valence-electron chi connectivity index (χ2n) is 17.0. The minimum atomic E-state index is -1.40. The zero-order valence-corrected chi connectivity index (χ0v) is 33.9. The van der Waals surface area contributed by atoms with Gasteiger partial charge in [0.1, 0.15) is 57.1 Å². The van der Waals surface area contributed by atoms with Crippen molar-refractivity contribution >= 4 is 57.7 Å². The first-order valence-corrected chi connectivity index (χ1v) is 20.4. The first-order chi connectivity index (χ1) is 26.0. The SMILES string of the molecule is CCC1C[C@]1(NC(=O)[C@@H]1CC(Oc2cc(-c3nc(C(C)C)cs3)nc3c(Cl)c(OC)ccc23)CN1C(=O)[C@@H](NC(=O)O[C@@H]1C[C@@H]2C[C@@H]2C1)C(C)(C)C)C(=O)O. The number of thiazole rings is 1. The summed E-state index contributed by atoms with van der Waals surface area (Å²) in [6.07, 6.45) is 2.21. The molecule has 0 spiro atoms. The number of aromatic nitrogens is 2. The van der Waals surface area contributed by atoms with Crippen molar-refractivity contribution in [3.8, 4) is 22.2 Å². The molecule has 0 bridgehead atoms. The number of pyridine rings is 1. The van der Waals surface area contributed by atoms with Gasteiger partial charge in [-0.25, -0.2) is 19.6 Å². The van der Waals surface area contributed by atoms with Crippen LogP contribution in [-0.4, -0.2) is 87.3 Å². The maximum Gasteiger partial charge on any atom is 0.408 e. The third-order valence-corrected chi connectivity index (χ3v) is 13.0. The molecule has 2 unspecified atom stereocenters. The van der Waals surface area contributed by atoms with Crippen LogP contribution in [0.2, 0.25) is 5.02 Å². The lowest BCUT2D eigenvalue weighted by Gasteiger charge is -2.35. The highest BCUT2D eigenvalue weighted by atomic mass is 35.5. The highest BCUT2D eigenvalue weighted by molar-refractivity contribution is 7.13. The predicted molar refractivity (Wildman–Crippen MR) is 207 cm³/mol. The second-order valence-corrected chi connectivity index (χ2v) is 18.2. The summed E-state index contributed by atoms with van der Waals surface area (Å²) < 4.78 is 18.0. The van der Waals surface area contributed by atoms with Crippen molar-refractivity contribution < 1.29 is 38.5 Å². The third-order valence-electron chi connectivity index (χ3n) is 11.7. The van der Waals surface area contributed by atoms with Crippen molar-refractivity contribution in [1.82, 2.24) is 25.5 Å². The first kappa shape index (κ1) is 39.1. The molecule has 15 heteroatoms. The molecule has 3 N–H and O–H groups in total. The van der Waals surface area contributed by atoms with Crippen LogP contribution in [0, 0.1) is 23.2 Å². The number of amides is 3. The van der Waals surface area contributed by atoms with Crippen LogP contribution < -0.4 is 20.1 Å². The molecule has 3 aliphatic carbocycles. The molecule has 8 atom stereocenters. The summed E-state index contributed by atoms with van der Waals surface area (Å²) in [5.74, 6) is -0.133. The molecule has 1 saturated heterocycles. The summed E-state index contributed by atoms with van der Waals surface area (Å²) >= 11 is 8.27. The van der Waals surface area contributed by atoms with Crippen LogP contribution in [0.25, 0.3) is 21.6 Å². The zero-order chi connectivity index (χ0) is 39.6. The number of nitrogens with zero attached hydrogens (tertiary/aromatic N) is 3. The average molecular weight is 796 g/mol. The van der Waals surface area contributed by atoms with Gasteiger partial charge in [0.25, 0.3) is 0 Å². The van der Waals surface area contributed by atoms with Crippen molar-refractivity contribution in [2.24, 2.45) is 23.2 Å². The van der Waals surface area contributed by atoms with E-state index < -0.39 is 53.0 Å². The molecule has 3 saturated carbocycles. The van der Waals surface area contributed by atoms with E-state index in [1.165, 1.54) is 29.8 Å². The van der Waals surface area contributed by atoms with E-state index >= 15 is 0 Å². The van der Waals surface area contributed by atoms with Crippen LogP contribution in [0.5, 0.6) is 11.5 Å². The number of alkyl carbamates (subject to hydrolysis) is 1. The highest BCUT2D eigenvalue weighted by Crippen LogP contribution is 2.52. The van der Waals surface area contributed by atoms with Gasteiger partial charge in [-0.2, -0.15) is 0 Å². The minimum absolute atomic E-state index is 0.0126. The van der Waals surface area contributed by atoms with E-state index in [0.717, 1.165) is 18.5 Å². The number of ether oxygens (including phenoxy) is 3. The fourth-order valence-electron chi connectivity index (χ4n) is 8.26. The molecule has 4 aliphatic rings. The van der Waals surface area contributed by atoms with E-state index in [4.69, 9.17) is 35.8 Å². The molecule has 4 fully saturated rings. The number of nitrogens with one attached hydrogen (secondary N) is 2. The number of carboxylic acid groups (broad SMARTS) is 1. The minimum Gasteiger partial charge on any atom is -0.495 e. The number of fused-ring (bicyclic) bond motifs is 2. The van der Waals surface area contributed by atoms with Gasteiger partial charge in [0, 0.05) is 23.3 Å². The molecule has 1 aliphatic heterocycles. The Morgan fingerprint density at radius 2 is 1.80 bits per heavy atom. The maximum absolute atomic E-state index is 14.7. The average Bonchev–Trinajstić information content (AvgIpc) is 3.77. The Kier molecular flexibility index (Phi) is 10.5. The second kappa shape index (κ2) is 14.7. The van der Waals surface area contributed by atoms with Crippen molar-refractivity contribution in [1.29, 1.82) is 0 Å². The van der Waals surface area contributed by atoms with Gasteiger partial charge in [0.05, 0.1) is 24.9 Å². The van der Waals surface area contributed by atoms with E-state index in [0.29, 0.717) is 62.8 Å². The molecule has 3 aromatic rings. The van der Waals surface area contributed by atoms with Crippen LogP contribution in [0.1, 0.15) is 91.7 Å². The summed E-state index contributed by atoms with van der Waals surface area (Å²) in [5, 5.41) is 19.3. The van der Waals surface area contributed by atoms with Crippen LogP contribution >= 0.6 is 22.9 Å². The highest BCUT2D eigenvalue weighted by Gasteiger charge is 2.61. The first-order valence-electron chi connectivity index (χ1n) is 19.2. The molecule has 2 aromatic heterocycles. The van der Waals surface area contributed by atoms with E-state index in [2.05, 4.69) is 24.5 Å². The molecule has 1 aromatic carbocycles. The standard InChI is InChI=1S/C40H50ClN5O8S/c1-8-22-16-40(22,37(49)50)45-34(47)28-14-24(17-46(28)36(48)33(39(4,5)6)44-38(51)54-23-12-20-11-21(20)13-23)53-30-15-26(35-43-27(18-55-35)19(2)3)42-32-25(30)9-10-29(52-7)31(32)41/h9-10,15,18-24,28,33H,8,11-14,16-17H2,1-7H3,(H,44,51)(H,45,47)(H,49,50)/t20-,21+,22?,23+,24?,28-,33+,40+/m0/s1. The van der Waals surface area contributed by atoms with Gasteiger partial charge < -0.3 is 34.9 Å². The van der Waals surface area contributed by atoms with E-state index in [1.807, 2.05) is 33.1 Å². The molecule has 0 radical (unpaired) electrons. The number of likely N-dealkylation sites (tertiary alicyclic amines) is 1. The summed E-state index contributed by atoms with van der Waals surface area (Å²) in [6.45, 7) is 11.5. The van der Waals surface area contributed by atoms with Gasteiger partial charge >= 0.3 is 12.1 Å². The zero-order valence-electron chi connectivity index (χ0n) is 32.3. The van der Waals surface area contributed by atoms with Gasteiger partial charge in [0.2, 0.25) is 11.8 Å². The Hall–Kier alpha value is -4.17. The molecule has 296 valence electrons. The van der Waals surface area contributed by atoms with Crippen LogP contribution in [0.4, 0.5) is 4.79 Å². The Balaban J connectivity index is 1.20. The summed E-state index contributed by atoms with van der Waals surface area (Å²) in [4.78, 5) is 65.6. The maximum atomic E-state index is 14.7. The molecule has 3 heterocycles. The lowest BCUT2D eigenvalue weighted by Crippen LogP contribution is -2.59. The lowest BCUT2D eigenvalue weighted by molar-refractivity contribution is -0.146. The Morgan fingerprint density at radius 1 is 1.07 bits per heavy atom. The Bertz CT molecular complexity index is 2010. The van der Waals surface area contributed by atoms with Crippen LogP contribution in [-0.2, 0) is 19.1 Å². The van der Waals surface area contributed by atoms with Crippen molar-refractivity contribution in [3.05, 3.63) is 34.3 Å². The number of carbonyl (C=O) groups excluding carboxylic acids is 3. The number of carboxylic acids is 1. The Labute approximate surface area is 329 Å². The molecule has 3 amide bonds. The number of hydrogen-bond donors (Lipinski definition) is 3. The van der Waals surface area contributed by atoms with E-state index in [9.17, 15) is 24.3 Å². The molecular weight excluding hydrogens is 746 g/mol. The monoisotopic (exact) mass is 795 g/mol. The number of benzene rings is 1. The molecule has 13 nitrogen and oxygen atoms in total. The molecule has 7 rings (SSSR count). The number of rotatable bonds is 12. The van der Waals surface area contributed by atoms with Gasteiger partial charge in [-0.05, 0) is 66.9 Å². The fourth-order valence-corrected chi connectivity index (χ4v) is 9.49. The van der Waals surface area contributed by atoms with Crippen molar-refractivity contribution in [2.45, 2.75) is 116 Å². The number of aliphatic carboxylic acids is 1. The topological polar surface area (TPSA) is 169 Å².